The summed E-state index contributed by atoms with van der Waals surface area (Å²) in [4.78, 5) is 14.5. The Morgan fingerprint density at radius 1 is 1.11 bits per heavy atom. The molecule has 27 heavy (non-hydrogen) atoms. The number of phenols is 1. The highest BCUT2D eigenvalue weighted by Crippen LogP contribution is 2.42. The van der Waals surface area contributed by atoms with Crippen LogP contribution in [0.4, 0.5) is 5.69 Å². The van der Waals surface area contributed by atoms with E-state index in [-0.39, 0.29) is 11.4 Å². The smallest absolute Gasteiger partial charge is 0.344 e. The average molecular weight is 432 g/mol. The number of unbranched alkanes of at least 4 members (excludes halogenated alkanes) is 4. The van der Waals surface area contributed by atoms with Crippen molar-refractivity contribution in [3.8, 4) is 5.75 Å². The second-order valence-electron chi connectivity index (χ2n) is 7.21. The van der Waals surface area contributed by atoms with E-state index >= 15 is 0 Å². The van der Waals surface area contributed by atoms with Crippen LogP contribution in [-0.4, -0.2) is 18.7 Å². The maximum atomic E-state index is 12.4. The zero-order valence-electron chi connectivity index (χ0n) is 16.1. The summed E-state index contributed by atoms with van der Waals surface area (Å²) in [6.45, 7) is 5.05. The lowest BCUT2D eigenvalue weighted by Crippen LogP contribution is -2.19. The molecule has 0 amide bonds. The number of hydrogen-bond donors (Lipinski definition) is 1. The third kappa shape index (κ3) is 3.98. The third-order valence-electron chi connectivity index (χ3n) is 5.06. The first-order chi connectivity index (χ1) is 12.9. The number of nitrogens with zero attached hydrogens (tertiary/aromatic N) is 1. The highest BCUT2D eigenvalue weighted by molar-refractivity contribution is 9.10. The van der Waals surface area contributed by atoms with Crippen molar-refractivity contribution < 1.29 is 9.52 Å². The SMILES string of the molecule is CCCCCCCN(C)c1cc2oc(=O)c3ccc(C)cc3c2c(O)c1Br. The van der Waals surface area contributed by atoms with Crippen LogP contribution in [0.5, 0.6) is 5.75 Å². The molecule has 1 heterocycles. The normalized spacial score (nSPS) is 11.4. The van der Waals surface area contributed by atoms with Crippen molar-refractivity contribution >= 4 is 43.4 Å². The molecule has 0 aliphatic rings. The predicted molar refractivity (Wildman–Crippen MR) is 116 cm³/mol. The third-order valence-corrected chi connectivity index (χ3v) is 5.84. The molecule has 0 bridgehead atoms. The summed E-state index contributed by atoms with van der Waals surface area (Å²) in [6, 6.07) is 7.38. The van der Waals surface area contributed by atoms with Gasteiger partial charge in [0, 0.05) is 25.0 Å². The van der Waals surface area contributed by atoms with Crippen LogP contribution in [0.25, 0.3) is 21.7 Å². The molecule has 0 atom stereocenters. The van der Waals surface area contributed by atoms with Crippen molar-refractivity contribution in [2.24, 2.45) is 0 Å². The second kappa shape index (κ2) is 8.34. The largest absolute Gasteiger partial charge is 0.506 e. The number of hydrogen-bond acceptors (Lipinski definition) is 4. The van der Waals surface area contributed by atoms with Crippen molar-refractivity contribution in [1.82, 2.24) is 0 Å². The lowest BCUT2D eigenvalue weighted by Gasteiger charge is -2.22. The monoisotopic (exact) mass is 431 g/mol. The molecule has 144 valence electrons. The van der Waals surface area contributed by atoms with Crippen molar-refractivity contribution in [1.29, 1.82) is 0 Å². The molecule has 1 aromatic heterocycles. The Labute approximate surface area is 167 Å². The van der Waals surface area contributed by atoms with Gasteiger partial charge in [-0.25, -0.2) is 4.79 Å². The van der Waals surface area contributed by atoms with Gasteiger partial charge in [-0.2, -0.15) is 0 Å². The van der Waals surface area contributed by atoms with E-state index in [9.17, 15) is 9.90 Å². The molecule has 1 N–H and O–H groups in total. The van der Waals surface area contributed by atoms with Gasteiger partial charge in [0.15, 0.2) is 0 Å². The summed E-state index contributed by atoms with van der Waals surface area (Å²) in [6.07, 6.45) is 6.01. The van der Waals surface area contributed by atoms with Gasteiger partial charge < -0.3 is 14.4 Å². The molecule has 2 aromatic carbocycles. The number of aromatic hydroxyl groups is 1. The number of anilines is 1. The number of fused-ring (bicyclic) bond motifs is 3. The summed E-state index contributed by atoms with van der Waals surface area (Å²) in [5, 5.41) is 12.6. The Hall–Kier alpha value is -2.01. The van der Waals surface area contributed by atoms with Crippen LogP contribution in [0.3, 0.4) is 0 Å². The van der Waals surface area contributed by atoms with Gasteiger partial charge in [-0.3, -0.25) is 0 Å². The van der Waals surface area contributed by atoms with Crippen molar-refractivity contribution in [3.05, 3.63) is 44.7 Å². The average Bonchev–Trinajstić information content (AvgIpc) is 2.64. The Bertz CT molecular complexity index is 1030. The van der Waals surface area contributed by atoms with Gasteiger partial charge in [-0.05, 0) is 35.3 Å². The number of halogens is 1. The zero-order chi connectivity index (χ0) is 19.6. The minimum absolute atomic E-state index is 0.111. The van der Waals surface area contributed by atoms with Gasteiger partial charge in [-0.15, -0.1) is 0 Å². The maximum Gasteiger partial charge on any atom is 0.344 e. The molecule has 3 aromatic rings. The van der Waals surface area contributed by atoms with Crippen molar-refractivity contribution in [3.63, 3.8) is 0 Å². The van der Waals surface area contributed by atoms with Gasteiger partial charge in [0.1, 0.15) is 11.3 Å². The number of rotatable bonds is 7. The van der Waals surface area contributed by atoms with Gasteiger partial charge in [0.25, 0.3) is 0 Å². The van der Waals surface area contributed by atoms with E-state index in [4.69, 9.17) is 4.42 Å². The van der Waals surface area contributed by atoms with Crippen LogP contribution in [0.1, 0.15) is 44.6 Å². The van der Waals surface area contributed by atoms with Crippen LogP contribution in [0.15, 0.2) is 37.9 Å². The van der Waals surface area contributed by atoms with E-state index < -0.39 is 0 Å². The quantitative estimate of drug-likeness (QED) is 0.277. The molecule has 3 rings (SSSR count). The van der Waals surface area contributed by atoms with Crippen molar-refractivity contribution in [2.75, 3.05) is 18.5 Å². The predicted octanol–water partition coefficient (Wildman–Crippen LogP) is 6.13. The van der Waals surface area contributed by atoms with Crippen LogP contribution in [-0.2, 0) is 0 Å². The highest BCUT2D eigenvalue weighted by atomic mass is 79.9. The lowest BCUT2D eigenvalue weighted by atomic mass is 10.0. The molecule has 0 aliphatic carbocycles. The van der Waals surface area contributed by atoms with Gasteiger partial charge in [0.2, 0.25) is 0 Å². The summed E-state index contributed by atoms with van der Waals surface area (Å²) in [7, 11) is 1.99. The first-order valence-corrected chi connectivity index (χ1v) is 10.3. The lowest BCUT2D eigenvalue weighted by molar-refractivity contribution is 0.476. The summed E-state index contributed by atoms with van der Waals surface area (Å²) >= 11 is 3.55. The Balaban J connectivity index is 2.03. The number of benzene rings is 2. The van der Waals surface area contributed by atoms with Crippen LogP contribution >= 0.6 is 15.9 Å². The van der Waals surface area contributed by atoms with E-state index in [0.717, 1.165) is 24.2 Å². The van der Waals surface area contributed by atoms with Crippen LogP contribution in [0, 0.1) is 6.92 Å². The summed E-state index contributed by atoms with van der Waals surface area (Å²) in [5.74, 6) is 0.111. The molecule has 0 radical (unpaired) electrons. The van der Waals surface area contributed by atoms with E-state index in [1.165, 1.54) is 25.7 Å². The first kappa shape index (κ1) is 19.7. The van der Waals surface area contributed by atoms with Gasteiger partial charge in [0.05, 0.1) is 20.9 Å². The Kier molecular flexibility index (Phi) is 6.10. The topological polar surface area (TPSA) is 53.7 Å². The van der Waals surface area contributed by atoms with E-state index in [1.54, 1.807) is 6.07 Å². The van der Waals surface area contributed by atoms with Gasteiger partial charge >= 0.3 is 5.63 Å². The van der Waals surface area contributed by atoms with E-state index in [0.29, 0.717) is 26.2 Å². The van der Waals surface area contributed by atoms with E-state index in [2.05, 4.69) is 27.8 Å². The van der Waals surface area contributed by atoms with Crippen molar-refractivity contribution in [2.45, 2.75) is 46.0 Å². The summed E-state index contributed by atoms with van der Waals surface area (Å²) in [5.41, 5.74) is 1.88. The molecule has 0 fully saturated rings. The molecule has 5 heteroatoms. The fraction of sp³-hybridized carbons (Fsp3) is 0.409. The molecular formula is C22H26BrNO3. The Morgan fingerprint density at radius 2 is 1.85 bits per heavy atom. The minimum atomic E-state index is -0.382. The molecule has 0 aliphatic heterocycles. The fourth-order valence-corrected chi connectivity index (χ4v) is 4.11. The Morgan fingerprint density at radius 3 is 2.59 bits per heavy atom. The highest BCUT2D eigenvalue weighted by Gasteiger charge is 2.18. The van der Waals surface area contributed by atoms with Gasteiger partial charge in [-0.1, -0.05) is 50.3 Å². The first-order valence-electron chi connectivity index (χ1n) is 9.53. The van der Waals surface area contributed by atoms with E-state index in [1.807, 2.05) is 32.2 Å². The molecule has 0 unspecified atom stereocenters. The van der Waals surface area contributed by atoms with Crippen LogP contribution < -0.4 is 10.5 Å². The minimum Gasteiger partial charge on any atom is -0.506 e. The molecule has 4 nitrogen and oxygen atoms in total. The molecular weight excluding hydrogens is 406 g/mol. The molecule has 0 saturated carbocycles. The summed E-state index contributed by atoms with van der Waals surface area (Å²) < 4.78 is 6.16. The zero-order valence-corrected chi connectivity index (χ0v) is 17.7. The number of aryl methyl sites for hydroxylation is 1. The maximum absolute atomic E-state index is 12.4. The molecule has 0 spiro atoms. The standard InChI is InChI=1S/C22H26BrNO3/c1-4-5-6-7-8-11-24(3)17-13-18-19(21(25)20(17)23)16-12-14(2)9-10-15(16)22(26)27-18/h9-10,12-13,25H,4-8,11H2,1-3H3. The fourth-order valence-electron chi connectivity index (χ4n) is 3.50. The number of phenolic OH excluding ortho intramolecular Hbond substituents is 1. The van der Waals surface area contributed by atoms with Crippen LogP contribution in [0.2, 0.25) is 0 Å². The second-order valence-corrected chi connectivity index (χ2v) is 8.00. The molecule has 0 saturated heterocycles.